The number of nitrogens with zero attached hydrogens (tertiary/aromatic N) is 6. The fraction of sp³-hybridized carbons (Fsp3) is 0.577. The van der Waals surface area contributed by atoms with Crippen LogP contribution < -0.4 is 5.32 Å². The molecule has 1 saturated carbocycles. The number of ether oxygens (including phenoxy) is 1. The van der Waals surface area contributed by atoms with Crippen LogP contribution in [0.2, 0.25) is 0 Å². The van der Waals surface area contributed by atoms with E-state index in [1.807, 2.05) is 23.8 Å². The van der Waals surface area contributed by atoms with E-state index in [9.17, 15) is 5.11 Å². The van der Waals surface area contributed by atoms with Gasteiger partial charge in [0.15, 0.2) is 0 Å². The molecule has 0 unspecified atom stereocenters. The van der Waals surface area contributed by atoms with Crippen molar-refractivity contribution < 1.29 is 9.84 Å². The molecule has 0 spiro atoms. The zero-order chi connectivity index (χ0) is 24.5. The first-order valence-electron chi connectivity index (χ1n) is 12.7. The highest BCUT2D eigenvalue weighted by Crippen LogP contribution is 2.38. The van der Waals surface area contributed by atoms with Gasteiger partial charge in [0.05, 0.1) is 36.7 Å². The number of allylic oxidation sites excluding steroid dienone is 1. The number of nitrogens with one attached hydrogen (secondary N) is 1. The van der Waals surface area contributed by atoms with Gasteiger partial charge in [0.25, 0.3) is 0 Å². The third kappa shape index (κ3) is 4.92. The van der Waals surface area contributed by atoms with Crippen molar-refractivity contribution in [2.45, 2.75) is 70.1 Å². The Labute approximate surface area is 206 Å². The number of anilines is 1. The number of fused-ring (bicyclic) bond motifs is 1. The van der Waals surface area contributed by atoms with E-state index in [2.05, 4.69) is 45.6 Å². The Hall–Kier alpha value is -2.91. The zero-order valence-corrected chi connectivity index (χ0v) is 21.0. The molecule has 2 N–H and O–H groups in total. The molecule has 0 bridgehead atoms. The maximum absolute atomic E-state index is 10.0. The van der Waals surface area contributed by atoms with Crippen LogP contribution in [0.25, 0.3) is 16.6 Å². The zero-order valence-electron chi connectivity index (χ0n) is 21.0. The van der Waals surface area contributed by atoms with Gasteiger partial charge < -0.3 is 20.1 Å². The summed E-state index contributed by atoms with van der Waals surface area (Å²) >= 11 is 0. The third-order valence-electron chi connectivity index (χ3n) is 7.44. The maximum atomic E-state index is 10.0. The van der Waals surface area contributed by atoms with E-state index in [4.69, 9.17) is 14.9 Å². The lowest BCUT2D eigenvalue weighted by atomic mass is 9.85. The smallest absolute Gasteiger partial charge is 0.241 e. The monoisotopic (exact) mass is 479 g/mol. The van der Waals surface area contributed by atoms with Gasteiger partial charge in [-0.3, -0.25) is 4.68 Å². The molecule has 35 heavy (non-hydrogen) atoms. The number of hydrogen-bond donors (Lipinski definition) is 2. The van der Waals surface area contributed by atoms with Crippen LogP contribution in [0, 0.1) is 0 Å². The van der Waals surface area contributed by atoms with E-state index in [0.717, 1.165) is 67.5 Å². The second-order valence-electron chi connectivity index (χ2n) is 10.2. The minimum absolute atomic E-state index is 0.101. The fourth-order valence-electron chi connectivity index (χ4n) is 5.47. The molecule has 1 saturated heterocycles. The molecule has 5 rings (SSSR count). The van der Waals surface area contributed by atoms with Gasteiger partial charge in [-0.2, -0.15) is 5.10 Å². The molecule has 2 atom stereocenters. The van der Waals surface area contributed by atoms with Crippen LogP contribution in [0.15, 0.2) is 36.9 Å². The summed E-state index contributed by atoms with van der Waals surface area (Å²) in [5.41, 5.74) is 5.44. The minimum atomic E-state index is -0.192. The number of aliphatic hydroxyl groups excluding tert-OH is 1. The molecule has 1 aliphatic heterocycles. The third-order valence-corrected chi connectivity index (χ3v) is 7.44. The van der Waals surface area contributed by atoms with Gasteiger partial charge in [-0.15, -0.1) is 5.10 Å². The summed E-state index contributed by atoms with van der Waals surface area (Å²) in [5.74, 6) is 0.940. The van der Waals surface area contributed by atoms with Crippen LogP contribution in [0.5, 0.6) is 0 Å². The summed E-state index contributed by atoms with van der Waals surface area (Å²) in [7, 11) is 1.69. The van der Waals surface area contributed by atoms with E-state index >= 15 is 0 Å². The van der Waals surface area contributed by atoms with Crippen LogP contribution in [0.4, 0.5) is 5.95 Å². The summed E-state index contributed by atoms with van der Waals surface area (Å²) in [4.78, 5) is 6.94. The number of likely N-dealkylation sites (tertiary alicyclic amines) is 1. The molecule has 188 valence electrons. The molecule has 4 heterocycles. The lowest BCUT2D eigenvalue weighted by Crippen LogP contribution is -2.23. The topological polar surface area (TPSA) is 92.7 Å². The van der Waals surface area contributed by atoms with Crippen molar-refractivity contribution in [2.75, 3.05) is 32.1 Å². The van der Waals surface area contributed by atoms with Crippen molar-refractivity contribution in [3.8, 4) is 11.1 Å². The largest absolute Gasteiger partial charge is 0.393 e. The standard InChI is InChI=1S/C26H37N7O2/c1-17(2)31-10-9-21(15-31)32-14-20(12-28-32)23-11-24(19-5-7-22(34)8-6-19)33-25(23)13-27-26(30-33)29-18(3)16-35-4/h11-14,18-19,21-22,34H,1,5-10,15-16H2,2-4H3,(H,29,30)/t18-,19?,21+,22?/m0/s1. The average molecular weight is 480 g/mol. The molecular weight excluding hydrogens is 442 g/mol. The molecule has 1 aliphatic carbocycles. The summed E-state index contributed by atoms with van der Waals surface area (Å²) in [6.07, 6.45) is 10.5. The molecule has 3 aromatic rings. The van der Waals surface area contributed by atoms with Crippen molar-refractivity contribution in [2.24, 2.45) is 0 Å². The average Bonchev–Trinajstić information content (AvgIpc) is 3.58. The second-order valence-corrected chi connectivity index (χ2v) is 10.2. The first-order valence-corrected chi connectivity index (χ1v) is 12.7. The first kappa shape index (κ1) is 23.8. The Kier molecular flexibility index (Phi) is 6.80. The Morgan fingerprint density at radius 2 is 2.06 bits per heavy atom. The number of aliphatic hydroxyl groups is 1. The van der Waals surface area contributed by atoms with Gasteiger partial charge in [-0.1, -0.05) is 6.58 Å². The second kappa shape index (κ2) is 9.99. The highest BCUT2D eigenvalue weighted by Gasteiger charge is 2.27. The van der Waals surface area contributed by atoms with Crippen molar-refractivity contribution in [1.29, 1.82) is 0 Å². The Balaban J connectivity index is 1.48. The molecule has 2 fully saturated rings. The van der Waals surface area contributed by atoms with Crippen LogP contribution in [-0.2, 0) is 4.74 Å². The highest BCUT2D eigenvalue weighted by atomic mass is 16.5. The van der Waals surface area contributed by atoms with Crippen LogP contribution in [-0.4, -0.2) is 73.3 Å². The first-order chi connectivity index (χ1) is 16.9. The predicted octanol–water partition coefficient (Wildman–Crippen LogP) is 3.84. The molecule has 2 aliphatic rings. The molecule has 3 aromatic heterocycles. The lowest BCUT2D eigenvalue weighted by molar-refractivity contribution is 0.121. The van der Waals surface area contributed by atoms with Gasteiger partial charge >= 0.3 is 0 Å². The van der Waals surface area contributed by atoms with E-state index in [1.165, 1.54) is 5.69 Å². The van der Waals surface area contributed by atoms with E-state index in [0.29, 0.717) is 24.5 Å². The van der Waals surface area contributed by atoms with Gasteiger partial charge in [0, 0.05) is 60.9 Å². The van der Waals surface area contributed by atoms with Crippen molar-refractivity contribution >= 4 is 11.5 Å². The van der Waals surface area contributed by atoms with Crippen LogP contribution >= 0.6 is 0 Å². The number of aromatic nitrogens is 5. The van der Waals surface area contributed by atoms with E-state index in [1.54, 1.807) is 7.11 Å². The highest BCUT2D eigenvalue weighted by molar-refractivity contribution is 5.81. The Morgan fingerprint density at radius 3 is 2.77 bits per heavy atom. The maximum Gasteiger partial charge on any atom is 0.241 e. The molecule has 9 nitrogen and oxygen atoms in total. The molecule has 0 aromatic carbocycles. The van der Waals surface area contributed by atoms with Gasteiger partial charge in [0.1, 0.15) is 0 Å². The van der Waals surface area contributed by atoms with Gasteiger partial charge in [-0.25, -0.2) is 9.50 Å². The van der Waals surface area contributed by atoms with Gasteiger partial charge in [-0.05, 0) is 52.0 Å². The molecule has 9 heteroatoms. The van der Waals surface area contributed by atoms with Crippen LogP contribution in [0.1, 0.15) is 63.6 Å². The van der Waals surface area contributed by atoms with Crippen molar-refractivity contribution in [3.05, 3.63) is 42.6 Å². The quantitative estimate of drug-likeness (QED) is 0.507. The van der Waals surface area contributed by atoms with Crippen molar-refractivity contribution in [3.63, 3.8) is 0 Å². The number of hydrogen-bond acceptors (Lipinski definition) is 7. The van der Waals surface area contributed by atoms with E-state index in [-0.39, 0.29) is 12.1 Å². The Morgan fingerprint density at radius 1 is 1.26 bits per heavy atom. The Bertz CT molecular complexity index is 1180. The van der Waals surface area contributed by atoms with Crippen LogP contribution in [0.3, 0.4) is 0 Å². The van der Waals surface area contributed by atoms with E-state index < -0.39 is 0 Å². The minimum Gasteiger partial charge on any atom is -0.393 e. The lowest BCUT2D eigenvalue weighted by Gasteiger charge is -2.25. The summed E-state index contributed by atoms with van der Waals surface area (Å²) in [6, 6.07) is 2.71. The summed E-state index contributed by atoms with van der Waals surface area (Å²) < 4.78 is 9.40. The normalized spacial score (nSPS) is 23.7. The van der Waals surface area contributed by atoms with Gasteiger partial charge in [0.2, 0.25) is 5.95 Å². The molecular formula is C26H37N7O2. The molecule has 0 amide bonds. The predicted molar refractivity (Wildman–Crippen MR) is 136 cm³/mol. The number of rotatable bonds is 8. The fourth-order valence-corrected chi connectivity index (χ4v) is 5.47. The summed E-state index contributed by atoms with van der Waals surface area (Å²) in [5, 5.41) is 23.0. The summed E-state index contributed by atoms with van der Waals surface area (Å²) in [6.45, 7) is 10.7. The molecule has 0 radical (unpaired) electrons. The van der Waals surface area contributed by atoms with Crippen molar-refractivity contribution in [1.82, 2.24) is 29.3 Å². The SMILES string of the molecule is C=C(C)N1CC[C@@H](n2cc(-c3cc(C4CCC(O)CC4)n4nc(N[C@@H](C)COC)ncc34)cn2)C1. The number of methoxy groups -OCH3 is 1.